The molecule has 0 atom stereocenters. The number of furan rings is 1. The highest BCUT2D eigenvalue weighted by Gasteiger charge is 2.25. The van der Waals surface area contributed by atoms with E-state index in [1.54, 1.807) is 24.5 Å². The minimum Gasteiger partial charge on any atom is -0.461 e. The lowest BCUT2D eigenvalue weighted by Gasteiger charge is -2.34. The fraction of sp³-hybridized carbons (Fsp3) is 0.250. The Hall–Kier alpha value is -3.39. The number of fused-ring (bicyclic) bond motifs is 1. The third-order valence-electron chi connectivity index (χ3n) is 5.03. The molecule has 0 radical (unpaired) electrons. The molecule has 0 unspecified atom stereocenters. The molecule has 1 aliphatic rings. The van der Waals surface area contributed by atoms with Gasteiger partial charge in [0.05, 0.1) is 18.2 Å². The van der Waals surface area contributed by atoms with E-state index < -0.39 is 0 Å². The van der Waals surface area contributed by atoms with Crippen molar-refractivity contribution in [3.63, 3.8) is 0 Å². The lowest BCUT2D eigenvalue weighted by Crippen LogP contribution is -2.48. The van der Waals surface area contributed by atoms with Crippen LogP contribution >= 0.6 is 0 Å². The van der Waals surface area contributed by atoms with Gasteiger partial charge in [0.25, 0.3) is 5.91 Å². The number of carbonyl (C=O) groups is 1. The molecule has 0 spiro atoms. The van der Waals surface area contributed by atoms with E-state index in [9.17, 15) is 4.79 Å². The van der Waals surface area contributed by atoms with Gasteiger partial charge in [-0.15, -0.1) is 0 Å². The number of pyridine rings is 1. The maximum absolute atomic E-state index is 12.7. The summed E-state index contributed by atoms with van der Waals surface area (Å²) in [6, 6.07) is 11.2. The second-order valence-corrected chi connectivity index (χ2v) is 6.80. The summed E-state index contributed by atoms with van der Waals surface area (Å²) >= 11 is 0. The van der Waals surface area contributed by atoms with Gasteiger partial charge in [-0.3, -0.25) is 9.69 Å². The summed E-state index contributed by atoms with van der Waals surface area (Å²) < 4.78 is 12.6. The molecule has 4 aromatic heterocycles. The Bertz CT molecular complexity index is 1090. The first-order chi connectivity index (χ1) is 13.8. The van der Waals surface area contributed by atoms with E-state index in [1.807, 2.05) is 35.5 Å². The van der Waals surface area contributed by atoms with Crippen molar-refractivity contribution in [2.24, 2.45) is 0 Å². The molecule has 1 fully saturated rings. The fourth-order valence-corrected chi connectivity index (χ4v) is 3.51. The molecule has 8 nitrogen and oxygen atoms in total. The maximum atomic E-state index is 12.7. The van der Waals surface area contributed by atoms with E-state index in [1.165, 1.54) is 0 Å². The van der Waals surface area contributed by atoms with Crippen LogP contribution in [0.1, 0.15) is 16.2 Å². The Labute approximate surface area is 161 Å². The number of amides is 1. The van der Waals surface area contributed by atoms with E-state index in [-0.39, 0.29) is 5.91 Å². The molecule has 0 aromatic carbocycles. The summed E-state index contributed by atoms with van der Waals surface area (Å²) in [6.45, 7) is 3.71. The summed E-state index contributed by atoms with van der Waals surface area (Å²) in [7, 11) is 0. The van der Waals surface area contributed by atoms with Gasteiger partial charge < -0.3 is 18.2 Å². The third kappa shape index (κ3) is 3.07. The van der Waals surface area contributed by atoms with E-state index in [0.29, 0.717) is 30.3 Å². The monoisotopic (exact) mass is 377 g/mol. The van der Waals surface area contributed by atoms with Gasteiger partial charge in [-0.1, -0.05) is 11.2 Å². The van der Waals surface area contributed by atoms with Crippen LogP contribution in [0.3, 0.4) is 0 Å². The standard InChI is InChI=1S/C20H19N5O3/c26-20(16-12-18(28-22-16)17-4-3-11-27-17)24-9-7-23(8-10-24)14-15-13-21-19-5-1-2-6-25(15)19/h1-6,11-13H,7-10,14H2. The molecule has 1 aliphatic heterocycles. The number of rotatable bonds is 4. The van der Waals surface area contributed by atoms with Crippen LogP contribution in [0.25, 0.3) is 17.2 Å². The van der Waals surface area contributed by atoms with E-state index in [0.717, 1.165) is 31.0 Å². The topological polar surface area (TPSA) is 80.0 Å². The second kappa shape index (κ2) is 6.97. The molecule has 0 bridgehead atoms. The molecule has 4 aromatic rings. The Morgan fingerprint density at radius 3 is 2.79 bits per heavy atom. The first kappa shape index (κ1) is 16.8. The Morgan fingerprint density at radius 2 is 1.96 bits per heavy atom. The number of piperazine rings is 1. The molecular weight excluding hydrogens is 358 g/mol. The highest BCUT2D eigenvalue weighted by Crippen LogP contribution is 2.21. The summed E-state index contributed by atoms with van der Waals surface area (Å²) in [5.74, 6) is 0.903. The Morgan fingerprint density at radius 1 is 1.07 bits per heavy atom. The van der Waals surface area contributed by atoms with Crippen molar-refractivity contribution in [1.29, 1.82) is 0 Å². The van der Waals surface area contributed by atoms with Crippen LogP contribution in [0, 0.1) is 0 Å². The number of nitrogens with zero attached hydrogens (tertiary/aromatic N) is 5. The largest absolute Gasteiger partial charge is 0.461 e. The van der Waals surface area contributed by atoms with Crippen molar-refractivity contribution in [2.45, 2.75) is 6.54 Å². The lowest BCUT2D eigenvalue weighted by molar-refractivity contribution is 0.0617. The maximum Gasteiger partial charge on any atom is 0.276 e. The minimum atomic E-state index is -0.115. The number of hydrogen-bond acceptors (Lipinski definition) is 6. The van der Waals surface area contributed by atoms with E-state index in [2.05, 4.69) is 19.4 Å². The van der Waals surface area contributed by atoms with Crippen molar-refractivity contribution in [3.05, 3.63) is 66.4 Å². The zero-order valence-corrected chi connectivity index (χ0v) is 15.2. The zero-order valence-electron chi connectivity index (χ0n) is 15.2. The summed E-state index contributed by atoms with van der Waals surface area (Å²) in [5.41, 5.74) is 2.40. The summed E-state index contributed by atoms with van der Waals surface area (Å²) in [4.78, 5) is 21.3. The molecule has 28 heavy (non-hydrogen) atoms. The van der Waals surface area contributed by atoms with Gasteiger partial charge in [-0.25, -0.2) is 4.98 Å². The van der Waals surface area contributed by atoms with Crippen LogP contribution in [0.2, 0.25) is 0 Å². The highest BCUT2D eigenvalue weighted by atomic mass is 16.5. The van der Waals surface area contributed by atoms with Gasteiger partial charge >= 0.3 is 0 Å². The smallest absolute Gasteiger partial charge is 0.276 e. The van der Waals surface area contributed by atoms with Gasteiger partial charge in [0, 0.05) is 45.0 Å². The van der Waals surface area contributed by atoms with Gasteiger partial charge in [0.15, 0.2) is 11.5 Å². The van der Waals surface area contributed by atoms with Crippen molar-refractivity contribution >= 4 is 11.6 Å². The molecule has 0 N–H and O–H groups in total. The SMILES string of the molecule is O=C(c1cc(-c2ccco2)on1)N1CCN(Cc2cnc3ccccn23)CC1. The molecule has 1 amide bonds. The van der Waals surface area contributed by atoms with Gasteiger partial charge in [0.1, 0.15) is 5.65 Å². The number of aromatic nitrogens is 3. The molecule has 0 aliphatic carbocycles. The number of imidazole rings is 1. The molecule has 5 heterocycles. The number of hydrogen-bond donors (Lipinski definition) is 0. The molecule has 0 saturated carbocycles. The predicted molar refractivity (Wildman–Crippen MR) is 101 cm³/mol. The summed E-state index contributed by atoms with van der Waals surface area (Å²) in [6.07, 6.45) is 5.50. The average Bonchev–Trinajstić information content (AvgIpc) is 3.49. The minimum absolute atomic E-state index is 0.115. The van der Waals surface area contributed by atoms with Crippen LogP contribution in [0.5, 0.6) is 0 Å². The van der Waals surface area contributed by atoms with Gasteiger partial charge in [-0.05, 0) is 24.3 Å². The fourth-order valence-electron chi connectivity index (χ4n) is 3.51. The Kier molecular flexibility index (Phi) is 4.17. The van der Waals surface area contributed by atoms with Crippen LogP contribution in [0.15, 0.2) is 64.0 Å². The van der Waals surface area contributed by atoms with Crippen LogP contribution in [-0.4, -0.2) is 56.4 Å². The zero-order chi connectivity index (χ0) is 18.9. The first-order valence-electron chi connectivity index (χ1n) is 9.21. The average molecular weight is 377 g/mol. The molecule has 142 valence electrons. The van der Waals surface area contributed by atoms with E-state index in [4.69, 9.17) is 8.94 Å². The van der Waals surface area contributed by atoms with E-state index >= 15 is 0 Å². The van der Waals surface area contributed by atoms with Crippen LogP contribution in [-0.2, 0) is 6.54 Å². The van der Waals surface area contributed by atoms with Crippen molar-refractivity contribution in [2.75, 3.05) is 26.2 Å². The molecule has 5 rings (SSSR count). The highest BCUT2D eigenvalue weighted by molar-refractivity contribution is 5.93. The lowest BCUT2D eigenvalue weighted by atomic mass is 10.2. The predicted octanol–water partition coefficient (Wildman–Crippen LogP) is 2.54. The quantitative estimate of drug-likeness (QED) is 0.544. The van der Waals surface area contributed by atoms with Crippen molar-refractivity contribution < 1.29 is 13.7 Å². The Balaban J connectivity index is 1.21. The van der Waals surface area contributed by atoms with Crippen LogP contribution < -0.4 is 0 Å². The van der Waals surface area contributed by atoms with Gasteiger partial charge in [-0.2, -0.15) is 0 Å². The van der Waals surface area contributed by atoms with Crippen molar-refractivity contribution in [1.82, 2.24) is 24.3 Å². The molecule has 8 heteroatoms. The third-order valence-corrected chi connectivity index (χ3v) is 5.03. The van der Waals surface area contributed by atoms with Gasteiger partial charge in [0.2, 0.25) is 5.76 Å². The second-order valence-electron chi connectivity index (χ2n) is 6.80. The summed E-state index contributed by atoms with van der Waals surface area (Å²) in [5, 5.41) is 3.91. The number of carbonyl (C=O) groups excluding carboxylic acids is 1. The first-order valence-corrected chi connectivity index (χ1v) is 9.21. The van der Waals surface area contributed by atoms with Crippen molar-refractivity contribution in [3.8, 4) is 11.5 Å². The van der Waals surface area contributed by atoms with Crippen LogP contribution in [0.4, 0.5) is 0 Å². The normalized spacial score (nSPS) is 15.4. The molecule has 1 saturated heterocycles. The molecular formula is C20H19N5O3.